The van der Waals surface area contributed by atoms with Gasteiger partial charge >= 0.3 is 5.97 Å². The zero-order valence-electron chi connectivity index (χ0n) is 13.8. The van der Waals surface area contributed by atoms with E-state index in [2.05, 4.69) is 0 Å². The fourth-order valence-corrected chi connectivity index (χ4v) is 5.52. The first-order valence-corrected chi connectivity index (χ1v) is 10.6. The van der Waals surface area contributed by atoms with Crippen molar-refractivity contribution in [2.75, 3.05) is 19.7 Å². The van der Waals surface area contributed by atoms with Crippen molar-refractivity contribution < 1.29 is 17.9 Å². The van der Waals surface area contributed by atoms with E-state index in [0.717, 1.165) is 5.56 Å². The average Bonchev–Trinajstić information content (AvgIpc) is 3.18. The number of carbonyl (C=O) groups excluding carboxylic acids is 1. The molecule has 25 heavy (non-hydrogen) atoms. The van der Waals surface area contributed by atoms with E-state index in [1.165, 1.54) is 15.6 Å². The highest BCUT2D eigenvalue weighted by molar-refractivity contribution is 7.91. The van der Waals surface area contributed by atoms with E-state index in [0.29, 0.717) is 43.2 Å². The van der Waals surface area contributed by atoms with Gasteiger partial charge in [0.2, 0.25) is 0 Å². The molecule has 1 aliphatic rings. The van der Waals surface area contributed by atoms with Crippen molar-refractivity contribution in [2.45, 2.75) is 23.5 Å². The summed E-state index contributed by atoms with van der Waals surface area (Å²) in [6.45, 7) is 1.08. The second kappa shape index (κ2) is 8.12. The number of sulfonamides is 1. The number of hydrogen-bond acceptors (Lipinski definition) is 5. The van der Waals surface area contributed by atoms with E-state index < -0.39 is 10.0 Å². The number of rotatable bonds is 6. The lowest BCUT2D eigenvalue weighted by atomic mass is 9.98. The third-order valence-corrected chi connectivity index (χ3v) is 7.63. The van der Waals surface area contributed by atoms with E-state index in [-0.39, 0.29) is 11.9 Å². The molecule has 2 heterocycles. The number of esters is 1. The van der Waals surface area contributed by atoms with Crippen molar-refractivity contribution in [3.05, 3.63) is 53.4 Å². The molecule has 0 saturated carbocycles. The summed E-state index contributed by atoms with van der Waals surface area (Å²) in [6, 6.07) is 13.2. The van der Waals surface area contributed by atoms with Crippen LogP contribution in [-0.4, -0.2) is 38.4 Å². The molecule has 1 fully saturated rings. The molecule has 0 radical (unpaired) electrons. The van der Waals surface area contributed by atoms with E-state index in [1.54, 1.807) is 17.5 Å². The van der Waals surface area contributed by atoms with Crippen LogP contribution in [0.5, 0.6) is 0 Å². The fourth-order valence-electron chi connectivity index (χ4n) is 2.90. The number of carbonyl (C=O) groups is 1. The number of thiophene rings is 1. The van der Waals surface area contributed by atoms with Gasteiger partial charge in [0.1, 0.15) is 4.21 Å². The molecule has 0 N–H and O–H groups in total. The third kappa shape index (κ3) is 4.48. The van der Waals surface area contributed by atoms with Gasteiger partial charge < -0.3 is 4.74 Å². The van der Waals surface area contributed by atoms with E-state index in [1.807, 2.05) is 30.3 Å². The molecule has 1 aliphatic heterocycles. The SMILES string of the molecule is O=C(OCCc1ccccc1)C1CCN(S(=O)(=O)c2cccs2)CC1. The maximum Gasteiger partial charge on any atom is 0.309 e. The summed E-state index contributed by atoms with van der Waals surface area (Å²) in [7, 11) is -3.42. The number of piperidine rings is 1. The van der Waals surface area contributed by atoms with Crippen LogP contribution in [0.25, 0.3) is 0 Å². The molecule has 1 aromatic heterocycles. The van der Waals surface area contributed by atoms with Gasteiger partial charge in [-0.3, -0.25) is 4.79 Å². The Hall–Kier alpha value is -1.70. The van der Waals surface area contributed by atoms with Crippen molar-refractivity contribution in [1.82, 2.24) is 4.31 Å². The Kier molecular flexibility index (Phi) is 5.88. The van der Waals surface area contributed by atoms with Crippen LogP contribution in [0.3, 0.4) is 0 Å². The van der Waals surface area contributed by atoms with Crippen molar-refractivity contribution >= 4 is 27.3 Å². The highest BCUT2D eigenvalue weighted by Crippen LogP contribution is 2.26. The Bertz CT molecular complexity index is 780. The molecule has 0 spiro atoms. The van der Waals surface area contributed by atoms with Crippen LogP contribution in [-0.2, 0) is 26.0 Å². The average molecular weight is 380 g/mol. The maximum absolute atomic E-state index is 12.5. The summed E-state index contributed by atoms with van der Waals surface area (Å²) in [5.74, 6) is -0.435. The van der Waals surface area contributed by atoms with Gasteiger partial charge in [0.15, 0.2) is 0 Å². The molecule has 0 bridgehead atoms. The van der Waals surface area contributed by atoms with Crippen molar-refractivity contribution in [3.8, 4) is 0 Å². The first-order valence-electron chi connectivity index (χ1n) is 8.31. The number of benzene rings is 1. The van der Waals surface area contributed by atoms with Crippen molar-refractivity contribution in [1.29, 1.82) is 0 Å². The van der Waals surface area contributed by atoms with Crippen LogP contribution in [0.2, 0.25) is 0 Å². The summed E-state index contributed by atoms with van der Waals surface area (Å²) >= 11 is 1.22. The van der Waals surface area contributed by atoms with Gasteiger partial charge in [-0.2, -0.15) is 4.31 Å². The van der Waals surface area contributed by atoms with Crippen LogP contribution >= 0.6 is 11.3 Å². The minimum absolute atomic E-state index is 0.217. The Morgan fingerprint density at radius 1 is 1.12 bits per heavy atom. The molecule has 7 heteroatoms. The van der Waals surface area contributed by atoms with Gasteiger partial charge in [-0.15, -0.1) is 11.3 Å². The zero-order valence-corrected chi connectivity index (χ0v) is 15.5. The molecule has 5 nitrogen and oxygen atoms in total. The maximum atomic E-state index is 12.5. The topological polar surface area (TPSA) is 63.7 Å². The molecule has 1 aromatic carbocycles. The highest BCUT2D eigenvalue weighted by Gasteiger charge is 2.33. The molecule has 1 saturated heterocycles. The lowest BCUT2D eigenvalue weighted by Crippen LogP contribution is -2.40. The van der Waals surface area contributed by atoms with Gasteiger partial charge in [0.25, 0.3) is 10.0 Å². The predicted molar refractivity (Wildman–Crippen MR) is 96.9 cm³/mol. The van der Waals surface area contributed by atoms with Crippen LogP contribution in [0.4, 0.5) is 0 Å². The van der Waals surface area contributed by atoms with Crippen LogP contribution in [0, 0.1) is 5.92 Å². The predicted octanol–water partition coefficient (Wildman–Crippen LogP) is 2.93. The van der Waals surface area contributed by atoms with Gasteiger partial charge in [-0.25, -0.2) is 8.42 Å². The second-order valence-electron chi connectivity index (χ2n) is 6.01. The van der Waals surface area contributed by atoms with Crippen molar-refractivity contribution in [2.24, 2.45) is 5.92 Å². The summed E-state index contributed by atoms with van der Waals surface area (Å²) < 4.78 is 32.1. The molecular weight excluding hydrogens is 358 g/mol. The van der Waals surface area contributed by atoms with Crippen LogP contribution in [0.15, 0.2) is 52.1 Å². The minimum atomic E-state index is -3.42. The second-order valence-corrected chi connectivity index (χ2v) is 9.13. The van der Waals surface area contributed by atoms with E-state index in [9.17, 15) is 13.2 Å². The number of hydrogen-bond donors (Lipinski definition) is 0. The lowest BCUT2D eigenvalue weighted by molar-refractivity contribution is -0.149. The molecule has 134 valence electrons. The zero-order chi connectivity index (χ0) is 17.7. The smallest absolute Gasteiger partial charge is 0.309 e. The Balaban J connectivity index is 1.46. The highest BCUT2D eigenvalue weighted by atomic mass is 32.2. The molecule has 0 atom stereocenters. The standard InChI is InChI=1S/C18H21NO4S2/c20-18(23-13-10-15-5-2-1-3-6-15)16-8-11-19(12-9-16)25(21,22)17-7-4-14-24-17/h1-7,14,16H,8-13H2. The van der Waals surface area contributed by atoms with Gasteiger partial charge in [-0.05, 0) is 29.9 Å². The fraction of sp³-hybridized carbons (Fsp3) is 0.389. The Morgan fingerprint density at radius 2 is 1.84 bits per heavy atom. The van der Waals surface area contributed by atoms with E-state index in [4.69, 9.17) is 4.74 Å². The first kappa shape index (κ1) is 18.1. The Morgan fingerprint density at radius 3 is 2.48 bits per heavy atom. The summed E-state index contributed by atoms with van der Waals surface area (Å²) in [4.78, 5) is 12.2. The third-order valence-electron chi connectivity index (χ3n) is 4.35. The summed E-state index contributed by atoms with van der Waals surface area (Å²) in [6.07, 6.45) is 1.71. The largest absolute Gasteiger partial charge is 0.465 e. The van der Waals surface area contributed by atoms with Gasteiger partial charge in [-0.1, -0.05) is 36.4 Å². The van der Waals surface area contributed by atoms with Gasteiger partial charge in [0.05, 0.1) is 12.5 Å². The molecule has 0 unspecified atom stereocenters. The van der Waals surface area contributed by atoms with Gasteiger partial charge in [0, 0.05) is 19.5 Å². The molecule has 0 aliphatic carbocycles. The quantitative estimate of drug-likeness (QED) is 0.724. The number of nitrogens with zero attached hydrogens (tertiary/aromatic N) is 1. The van der Waals surface area contributed by atoms with Crippen LogP contribution < -0.4 is 0 Å². The normalized spacial score (nSPS) is 16.6. The monoisotopic (exact) mass is 379 g/mol. The first-order chi connectivity index (χ1) is 12.1. The minimum Gasteiger partial charge on any atom is -0.465 e. The van der Waals surface area contributed by atoms with Crippen LogP contribution in [0.1, 0.15) is 18.4 Å². The number of ether oxygens (including phenoxy) is 1. The summed E-state index contributed by atoms with van der Waals surface area (Å²) in [5.41, 5.74) is 1.13. The molecule has 3 rings (SSSR count). The molecule has 0 amide bonds. The molecular formula is C18H21NO4S2. The summed E-state index contributed by atoms with van der Waals surface area (Å²) in [5, 5.41) is 1.75. The Labute approximate surface area is 152 Å². The van der Waals surface area contributed by atoms with Crippen molar-refractivity contribution in [3.63, 3.8) is 0 Å². The molecule has 2 aromatic rings. The van der Waals surface area contributed by atoms with E-state index >= 15 is 0 Å². The lowest BCUT2D eigenvalue weighted by Gasteiger charge is -2.29.